The van der Waals surface area contributed by atoms with Crippen molar-refractivity contribution in [2.75, 3.05) is 0 Å². The summed E-state index contributed by atoms with van der Waals surface area (Å²) in [4.78, 5) is 13.0. The molecule has 0 amide bonds. The summed E-state index contributed by atoms with van der Waals surface area (Å²) in [6, 6.07) is 20.8. The second-order valence-electron chi connectivity index (χ2n) is 6.05. The third kappa shape index (κ3) is 1.35. The van der Waals surface area contributed by atoms with E-state index in [9.17, 15) is 4.79 Å². The van der Waals surface area contributed by atoms with Crippen molar-refractivity contribution in [1.29, 1.82) is 0 Å². The fourth-order valence-corrected chi connectivity index (χ4v) is 4.45. The van der Waals surface area contributed by atoms with Crippen LogP contribution in [0.3, 0.4) is 0 Å². The van der Waals surface area contributed by atoms with Crippen LogP contribution in [0.15, 0.2) is 60.7 Å². The second kappa shape index (κ2) is 4.31. The molecule has 2 atom stereocenters. The monoisotopic (exact) mass is 262 g/mol. The highest BCUT2D eigenvalue weighted by Gasteiger charge is 2.64. The average Bonchev–Trinajstić information content (AvgIpc) is 2.95. The molecule has 0 spiro atoms. The fraction of sp³-hybridized carbons (Fsp3) is 0.316. The van der Waals surface area contributed by atoms with Gasteiger partial charge in [0.1, 0.15) is 0 Å². The normalized spacial score (nSPS) is 26.9. The molecule has 2 aromatic carbocycles. The van der Waals surface area contributed by atoms with Gasteiger partial charge in [0.2, 0.25) is 0 Å². The van der Waals surface area contributed by atoms with Gasteiger partial charge in [0, 0.05) is 5.92 Å². The first-order valence-corrected chi connectivity index (χ1v) is 7.50. The molecular formula is C19H18O. The van der Waals surface area contributed by atoms with Crippen LogP contribution in [0.2, 0.25) is 0 Å². The predicted octanol–water partition coefficient (Wildman–Crippen LogP) is 3.97. The highest BCUT2D eigenvalue weighted by atomic mass is 16.1. The van der Waals surface area contributed by atoms with Crippen molar-refractivity contribution in [2.45, 2.75) is 24.7 Å². The molecule has 2 saturated carbocycles. The van der Waals surface area contributed by atoms with Crippen molar-refractivity contribution in [2.24, 2.45) is 11.8 Å². The Morgan fingerprint density at radius 1 is 0.800 bits per heavy atom. The third-order valence-corrected chi connectivity index (χ3v) is 5.26. The summed E-state index contributed by atoms with van der Waals surface area (Å²) in [5.41, 5.74) is 1.99. The van der Waals surface area contributed by atoms with E-state index in [4.69, 9.17) is 0 Å². The number of carbonyl (C=O) groups is 1. The first-order valence-electron chi connectivity index (χ1n) is 7.50. The van der Waals surface area contributed by atoms with E-state index in [-0.39, 0.29) is 5.41 Å². The van der Waals surface area contributed by atoms with E-state index in [1.54, 1.807) is 0 Å². The van der Waals surface area contributed by atoms with E-state index < -0.39 is 0 Å². The molecule has 0 heterocycles. The molecule has 100 valence electrons. The number of benzene rings is 2. The first kappa shape index (κ1) is 11.9. The molecule has 2 aliphatic carbocycles. The number of fused-ring (bicyclic) bond motifs is 1. The quantitative estimate of drug-likeness (QED) is 0.800. The Bertz CT molecular complexity index is 590. The summed E-state index contributed by atoms with van der Waals surface area (Å²) in [7, 11) is 0. The molecule has 1 nitrogen and oxygen atoms in total. The van der Waals surface area contributed by atoms with Crippen molar-refractivity contribution in [3.05, 3.63) is 71.8 Å². The topological polar surface area (TPSA) is 17.1 Å². The number of rotatable bonds is 2. The molecule has 2 aliphatic rings. The maximum Gasteiger partial charge on any atom is 0.151 e. The van der Waals surface area contributed by atoms with Crippen LogP contribution in [-0.4, -0.2) is 5.78 Å². The smallest absolute Gasteiger partial charge is 0.151 e. The number of carbonyl (C=O) groups excluding carboxylic acids is 1. The van der Waals surface area contributed by atoms with E-state index >= 15 is 0 Å². The van der Waals surface area contributed by atoms with Gasteiger partial charge >= 0.3 is 0 Å². The van der Waals surface area contributed by atoms with Gasteiger partial charge in [-0.25, -0.2) is 0 Å². The molecule has 20 heavy (non-hydrogen) atoms. The molecule has 0 aliphatic heterocycles. The van der Waals surface area contributed by atoms with Crippen LogP contribution in [0.4, 0.5) is 0 Å². The van der Waals surface area contributed by atoms with E-state index in [0.717, 1.165) is 6.42 Å². The Morgan fingerprint density at radius 3 is 1.90 bits per heavy atom. The van der Waals surface area contributed by atoms with Crippen LogP contribution in [-0.2, 0) is 10.2 Å². The number of Topliss-reactive ketones (excluding diaryl/α,β-unsaturated/α-hetero) is 1. The van der Waals surface area contributed by atoms with Gasteiger partial charge in [-0.1, -0.05) is 67.1 Å². The Kier molecular flexibility index (Phi) is 2.56. The molecule has 0 unspecified atom stereocenters. The van der Waals surface area contributed by atoms with Crippen LogP contribution in [0, 0.1) is 11.8 Å². The molecule has 0 bridgehead atoms. The van der Waals surface area contributed by atoms with Crippen LogP contribution in [0.5, 0.6) is 0 Å². The Hall–Kier alpha value is -1.89. The molecule has 2 aromatic rings. The van der Waals surface area contributed by atoms with Gasteiger partial charge < -0.3 is 0 Å². The molecule has 0 radical (unpaired) electrons. The highest BCUT2D eigenvalue weighted by molar-refractivity contribution is 6.02. The van der Waals surface area contributed by atoms with Gasteiger partial charge in [-0.15, -0.1) is 0 Å². The summed E-state index contributed by atoms with van der Waals surface area (Å²) >= 11 is 0. The third-order valence-electron chi connectivity index (χ3n) is 5.26. The van der Waals surface area contributed by atoms with Gasteiger partial charge in [-0.2, -0.15) is 0 Å². The zero-order valence-corrected chi connectivity index (χ0v) is 11.5. The summed E-state index contributed by atoms with van der Waals surface area (Å²) in [5, 5.41) is 0. The molecule has 1 heteroatoms. The van der Waals surface area contributed by atoms with Crippen molar-refractivity contribution in [3.8, 4) is 0 Å². The van der Waals surface area contributed by atoms with E-state index in [2.05, 4.69) is 48.5 Å². The number of hydrogen-bond acceptors (Lipinski definition) is 1. The Morgan fingerprint density at radius 2 is 1.35 bits per heavy atom. The molecule has 0 N–H and O–H groups in total. The lowest BCUT2D eigenvalue weighted by molar-refractivity contribution is -0.141. The zero-order valence-electron chi connectivity index (χ0n) is 11.5. The van der Waals surface area contributed by atoms with Crippen molar-refractivity contribution in [3.63, 3.8) is 0 Å². The van der Waals surface area contributed by atoms with Crippen molar-refractivity contribution >= 4 is 5.78 Å². The molecule has 2 fully saturated rings. The van der Waals surface area contributed by atoms with E-state index in [1.807, 2.05) is 12.1 Å². The van der Waals surface area contributed by atoms with Gasteiger partial charge in [0.25, 0.3) is 0 Å². The van der Waals surface area contributed by atoms with Crippen LogP contribution in [0.1, 0.15) is 30.4 Å². The Balaban J connectivity index is 1.93. The summed E-state index contributed by atoms with van der Waals surface area (Å²) < 4.78 is 0. The van der Waals surface area contributed by atoms with Gasteiger partial charge in [0.05, 0.1) is 5.41 Å². The minimum absolute atomic E-state index is 0.301. The van der Waals surface area contributed by atoms with Gasteiger partial charge in [-0.3, -0.25) is 4.79 Å². The lowest BCUT2D eigenvalue weighted by atomic mass is 9.48. The second-order valence-corrected chi connectivity index (χ2v) is 6.05. The van der Waals surface area contributed by atoms with Gasteiger partial charge in [-0.05, 0) is 29.9 Å². The van der Waals surface area contributed by atoms with Crippen LogP contribution >= 0.6 is 0 Å². The molecule has 0 aromatic heterocycles. The van der Waals surface area contributed by atoms with Crippen LogP contribution < -0.4 is 0 Å². The lowest BCUT2D eigenvalue weighted by Gasteiger charge is -2.51. The summed E-state index contributed by atoms with van der Waals surface area (Å²) in [6.07, 6.45) is 3.47. The summed E-state index contributed by atoms with van der Waals surface area (Å²) in [6.45, 7) is 0. The number of hydrogen-bond donors (Lipinski definition) is 0. The van der Waals surface area contributed by atoms with E-state index in [1.165, 1.54) is 24.0 Å². The average molecular weight is 262 g/mol. The predicted molar refractivity (Wildman–Crippen MR) is 79.5 cm³/mol. The van der Waals surface area contributed by atoms with Crippen LogP contribution in [0.25, 0.3) is 0 Å². The Labute approximate surface area is 119 Å². The van der Waals surface area contributed by atoms with E-state index in [0.29, 0.717) is 17.6 Å². The molecule has 4 rings (SSSR count). The minimum atomic E-state index is -0.371. The fourth-order valence-electron chi connectivity index (χ4n) is 4.45. The lowest BCUT2D eigenvalue weighted by Crippen LogP contribution is -2.59. The van der Waals surface area contributed by atoms with Crippen molar-refractivity contribution in [1.82, 2.24) is 0 Å². The highest BCUT2D eigenvalue weighted by Crippen LogP contribution is 2.60. The maximum atomic E-state index is 13.0. The molecular weight excluding hydrogens is 244 g/mol. The van der Waals surface area contributed by atoms with Gasteiger partial charge in [0.15, 0.2) is 5.78 Å². The minimum Gasteiger partial charge on any atom is -0.298 e. The van der Waals surface area contributed by atoms with Crippen molar-refractivity contribution < 1.29 is 4.79 Å². The summed E-state index contributed by atoms with van der Waals surface area (Å²) in [5.74, 6) is 1.24. The largest absolute Gasteiger partial charge is 0.298 e. The standard InChI is InChI=1S/C19H18O/c20-18-16-12-7-13-17(16)19(18,14-8-3-1-4-9-14)15-10-5-2-6-11-15/h1-6,8-11,16-17H,7,12-13H2/t16-,17+/m0/s1. The zero-order chi connectivity index (χ0) is 13.6. The number of ketones is 1. The SMILES string of the molecule is O=C1[C@H]2CCC[C@H]2C1(c1ccccc1)c1ccccc1. The first-order chi connectivity index (χ1) is 9.85. The maximum absolute atomic E-state index is 13.0. The molecule has 0 saturated heterocycles.